The monoisotopic (exact) mass is 172 g/mol. The Balaban J connectivity index is 3.79. The van der Waals surface area contributed by atoms with Crippen molar-refractivity contribution in [2.24, 2.45) is 5.92 Å². The zero-order valence-electron chi connectivity index (χ0n) is 7.83. The molecule has 0 fully saturated rings. The largest absolute Gasteiger partial charge is 0.392 e. The van der Waals surface area contributed by atoms with Gasteiger partial charge in [-0.2, -0.15) is 0 Å². The van der Waals surface area contributed by atoms with Gasteiger partial charge in [-0.05, 0) is 20.3 Å². The summed E-state index contributed by atoms with van der Waals surface area (Å²) in [5.74, 6) is -0.347. The Morgan fingerprint density at radius 2 is 1.83 bits per heavy atom. The Hall–Kier alpha value is -0.700. The lowest BCUT2D eigenvalue weighted by Gasteiger charge is -2.14. The van der Waals surface area contributed by atoms with Crippen LogP contribution in [0.5, 0.6) is 0 Å². The molecule has 0 radical (unpaired) electrons. The van der Waals surface area contributed by atoms with Crippen LogP contribution in [0.3, 0.4) is 0 Å². The van der Waals surface area contributed by atoms with Crippen LogP contribution in [-0.2, 0) is 9.59 Å². The molecule has 0 unspecified atom stereocenters. The third kappa shape index (κ3) is 4.23. The summed E-state index contributed by atoms with van der Waals surface area (Å²) in [7, 11) is 0. The smallest absolute Gasteiger partial charge is 0.135 e. The number of carbonyl (C=O) groups excluding carboxylic acids is 2. The van der Waals surface area contributed by atoms with Gasteiger partial charge in [-0.3, -0.25) is 4.79 Å². The summed E-state index contributed by atoms with van der Waals surface area (Å²) >= 11 is 0. The maximum absolute atomic E-state index is 10.8. The highest BCUT2D eigenvalue weighted by atomic mass is 16.3. The number of rotatable bonds is 5. The van der Waals surface area contributed by atoms with Gasteiger partial charge in [0.05, 0.1) is 6.10 Å². The van der Waals surface area contributed by atoms with Crippen LogP contribution in [0.25, 0.3) is 0 Å². The average Bonchev–Trinajstić information content (AvgIpc) is 1.98. The maximum Gasteiger partial charge on any atom is 0.135 e. The minimum atomic E-state index is -0.675. The average molecular weight is 172 g/mol. The highest BCUT2D eigenvalue weighted by Gasteiger charge is 2.18. The molecular formula is C9H16O3. The Morgan fingerprint density at radius 1 is 1.33 bits per heavy atom. The third-order valence-electron chi connectivity index (χ3n) is 2.01. The van der Waals surface area contributed by atoms with Crippen LogP contribution in [0.1, 0.15) is 33.6 Å². The van der Waals surface area contributed by atoms with E-state index in [-0.39, 0.29) is 17.5 Å². The van der Waals surface area contributed by atoms with Crippen molar-refractivity contribution in [2.45, 2.75) is 39.7 Å². The number of hydrogen-bond acceptors (Lipinski definition) is 3. The Bertz CT molecular complexity index is 175. The molecule has 0 bridgehead atoms. The van der Waals surface area contributed by atoms with E-state index in [0.717, 1.165) is 0 Å². The SMILES string of the molecule is CC(=O)CC[C@@H](O)[C@H](C)C(C)=O. The van der Waals surface area contributed by atoms with Gasteiger partial charge in [0.1, 0.15) is 11.6 Å². The van der Waals surface area contributed by atoms with E-state index < -0.39 is 6.10 Å². The van der Waals surface area contributed by atoms with Crippen molar-refractivity contribution in [1.82, 2.24) is 0 Å². The van der Waals surface area contributed by atoms with Crippen LogP contribution >= 0.6 is 0 Å². The lowest BCUT2D eigenvalue weighted by molar-refractivity contribution is -0.124. The summed E-state index contributed by atoms with van der Waals surface area (Å²) in [6, 6.07) is 0. The second-order valence-corrected chi connectivity index (χ2v) is 3.21. The number of hydrogen-bond donors (Lipinski definition) is 1. The lowest BCUT2D eigenvalue weighted by atomic mass is 9.96. The molecule has 3 heteroatoms. The molecule has 0 aromatic heterocycles. The van der Waals surface area contributed by atoms with Gasteiger partial charge in [0.25, 0.3) is 0 Å². The molecule has 3 nitrogen and oxygen atoms in total. The zero-order valence-corrected chi connectivity index (χ0v) is 7.83. The molecule has 0 aliphatic rings. The zero-order chi connectivity index (χ0) is 9.72. The number of ketones is 2. The molecular weight excluding hydrogens is 156 g/mol. The molecule has 0 aliphatic carbocycles. The second kappa shape index (κ2) is 5.04. The van der Waals surface area contributed by atoms with Gasteiger partial charge < -0.3 is 9.90 Å². The standard InChI is InChI=1S/C9H16O3/c1-6(10)4-5-9(12)7(2)8(3)11/h7,9,12H,4-5H2,1-3H3/t7-,9-/m1/s1. The summed E-state index contributed by atoms with van der Waals surface area (Å²) in [5, 5.41) is 9.36. The third-order valence-corrected chi connectivity index (χ3v) is 2.01. The van der Waals surface area contributed by atoms with Gasteiger partial charge in [0.15, 0.2) is 0 Å². The first-order chi connectivity index (χ1) is 5.45. The van der Waals surface area contributed by atoms with Crippen molar-refractivity contribution < 1.29 is 14.7 Å². The molecule has 0 saturated carbocycles. The summed E-state index contributed by atoms with van der Waals surface area (Å²) < 4.78 is 0. The van der Waals surface area contributed by atoms with Crippen molar-refractivity contribution >= 4 is 11.6 Å². The molecule has 2 atom stereocenters. The van der Waals surface area contributed by atoms with E-state index in [9.17, 15) is 14.7 Å². The summed E-state index contributed by atoms with van der Waals surface area (Å²) in [4.78, 5) is 21.3. The minimum absolute atomic E-state index is 0.0361. The van der Waals surface area contributed by atoms with Crippen LogP contribution in [0.15, 0.2) is 0 Å². The number of aliphatic hydroxyl groups excluding tert-OH is 1. The number of Topliss-reactive ketones (excluding diaryl/α,β-unsaturated/α-hetero) is 2. The second-order valence-electron chi connectivity index (χ2n) is 3.21. The van der Waals surface area contributed by atoms with Crippen LogP contribution in [0.4, 0.5) is 0 Å². The summed E-state index contributed by atoms with van der Waals surface area (Å²) in [6.45, 7) is 4.60. The molecule has 1 N–H and O–H groups in total. The van der Waals surface area contributed by atoms with E-state index in [4.69, 9.17) is 0 Å². The summed E-state index contributed by atoms with van der Waals surface area (Å²) in [6.07, 6.45) is 0.0564. The van der Waals surface area contributed by atoms with Crippen LogP contribution in [0, 0.1) is 5.92 Å². The summed E-state index contributed by atoms with van der Waals surface area (Å²) in [5.41, 5.74) is 0. The Morgan fingerprint density at radius 3 is 2.17 bits per heavy atom. The van der Waals surface area contributed by atoms with Gasteiger partial charge in [-0.25, -0.2) is 0 Å². The molecule has 0 aromatic carbocycles. The lowest BCUT2D eigenvalue weighted by Crippen LogP contribution is -2.24. The van der Waals surface area contributed by atoms with Crippen LogP contribution in [-0.4, -0.2) is 22.8 Å². The highest BCUT2D eigenvalue weighted by Crippen LogP contribution is 2.10. The number of aliphatic hydroxyl groups is 1. The van der Waals surface area contributed by atoms with Gasteiger partial charge in [-0.1, -0.05) is 6.92 Å². The van der Waals surface area contributed by atoms with E-state index in [1.54, 1.807) is 6.92 Å². The van der Waals surface area contributed by atoms with Crippen LogP contribution < -0.4 is 0 Å². The normalized spacial score (nSPS) is 15.3. The van der Waals surface area contributed by atoms with E-state index in [2.05, 4.69) is 0 Å². The minimum Gasteiger partial charge on any atom is -0.392 e. The predicted octanol–water partition coefficient (Wildman–Crippen LogP) is 0.942. The molecule has 0 rings (SSSR count). The van der Waals surface area contributed by atoms with E-state index in [0.29, 0.717) is 12.8 Å². The number of carbonyl (C=O) groups is 2. The van der Waals surface area contributed by atoms with Gasteiger partial charge >= 0.3 is 0 Å². The Labute approximate surface area is 72.8 Å². The van der Waals surface area contributed by atoms with Gasteiger partial charge in [0, 0.05) is 12.3 Å². The predicted molar refractivity (Wildman–Crippen MR) is 45.8 cm³/mol. The van der Waals surface area contributed by atoms with Crippen molar-refractivity contribution in [3.63, 3.8) is 0 Å². The first-order valence-corrected chi connectivity index (χ1v) is 4.13. The van der Waals surface area contributed by atoms with Crippen LogP contribution in [0.2, 0.25) is 0 Å². The van der Waals surface area contributed by atoms with Crippen molar-refractivity contribution in [3.05, 3.63) is 0 Å². The Kier molecular flexibility index (Phi) is 4.74. The fourth-order valence-corrected chi connectivity index (χ4v) is 0.872. The molecule has 0 amide bonds. The topological polar surface area (TPSA) is 54.4 Å². The molecule has 0 aromatic rings. The van der Waals surface area contributed by atoms with Crippen molar-refractivity contribution in [2.75, 3.05) is 0 Å². The molecule has 0 saturated heterocycles. The first-order valence-electron chi connectivity index (χ1n) is 4.13. The molecule has 12 heavy (non-hydrogen) atoms. The van der Waals surface area contributed by atoms with Gasteiger partial charge in [0.2, 0.25) is 0 Å². The van der Waals surface area contributed by atoms with E-state index >= 15 is 0 Å². The maximum atomic E-state index is 10.8. The molecule has 0 heterocycles. The molecule has 0 spiro atoms. The first kappa shape index (κ1) is 11.3. The van der Waals surface area contributed by atoms with Crippen molar-refractivity contribution in [1.29, 1.82) is 0 Å². The fraction of sp³-hybridized carbons (Fsp3) is 0.778. The van der Waals surface area contributed by atoms with E-state index in [1.807, 2.05) is 0 Å². The fourth-order valence-electron chi connectivity index (χ4n) is 0.872. The van der Waals surface area contributed by atoms with Gasteiger partial charge in [-0.15, -0.1) is 0 Å². The quantitative estimate of drug-likeness (QED) is 0.671. The molecule has 70 valence electrons. The highest BCUT2D eigenvalue weighted by molar-refractivity contribution is 5.79. The van der Waals surface area contributed by atoms with Crippen molar-refractivity contribution in [3.8, 4) is 0 Å². The molecule has 0 aliphatic heterocycles. The van der Waals surface area contributed by atoms with E-state index in [1.165, 1.54) is 13.8 Å².